The van der Waals surface area contributed by atoms with Crippen molar-refractivity contribution in [2.75, 3.05) is 46.4 Å². The minimum atomic E-state index is 0.627. The Morgan fingerprint density at radius 2 is 1.90 bits per heavy atom. The van der Waals surface area contributed by atoms with Crippen LogP contribution in [0.3, 0.4) is 0 Å². The van der Waals surface area contributed by atoms with Crippen LogP contribution >= 0.6 is 0 Å². The first kappa shape index (κ1) is 20.2. The van der Waals surface area contributed by atoms with Gasteiger partial charge in [0.1, 0.15) is 0 Å². The molecule has 21 heavy (non-hydrogen) atoms. The molecule has 0 spiro atoms. The van der Waals surface area contributed by atoms with E-state index in [1.54, 1.807) is 0 Å². The fourth-order valence-corrected chi connectivity index (χ4v) is 1.79. The molecule has 0 aliphatic rings. The highest BCUT2D eigenvalue weighted by Gasteiger charge is 2.02. The number of rotatable bonds is 12. The molecule has 0 aromatic rings. The summed E-state index contributed by atoms with van der Waals surface area (Å²) in [6.07, 6.45) is 3.36. The SMILES string of the molecule is CCNC(=NCCCOCC)NCCCCN(C)C(C)C. The van der Waals surface area contributed by atoms with E-state index in [0.717, 1.165) is 51.8 Å². The topological polar surface area (TPSA) is 48.9 Å². The fraction of sp³-hybridized carbons (Fsp3) is 0.938. The van der Waals surface area contributed by atoms with Gasteiger partial charge in [0, 0.05) is 38.9 Å². The van der Waals surface area contributed by atoms with Crippen molar-refractivity contribution in [2.45, 2.75) is 53.0 Å². The summed E-state index contributed by atoms with van der Waals surface area (Å²) in [6, 6.07) is 0.627. The molecule has 0 rings (SSSR count). The number of ether oxygens (including phenoxy) is 1. The van der Waals surface area contributed by atoms with Crippen LogP contribution < -0.4 is 10.6 Å². The molecule has 5 nitrogen and oxygen atoms in total. The molecule has 0 radical (unpaired) electrons. The highest BCUT2D eigenvalue weighted by Crippen LogP contribution is 1.97. The van der Waals surface area contributed by atoms with E-state index in [1.807, 2.05) is 6.92 Å². The highest BCUT2D eigenvalue weighted by atomic mass is 16.5. The summed E-state index contributed by atoms with van der Waals surface area (Å²) >= 11 is 0. The summed E-state index contributed by atoms with van der Waals surface area (Å²) in [5.41, 5.74) is 0. The lowest BCUT2D eigenvalue weighted by Crippen LogP contribution is -2.38. The van der Waals surface area contributed by atoms with Crippen molar-refractivity contribution >= 4 is 5.96 Å². The molecule has 2 N–H and O–H groups in total. The highest BCUT2D eigenvalue weighted by molar-refractivity contribution is 5.79. The van der Waals surface area contributed by atoms with Crippen LogP contribution in [0.15, 0.2) is 4.99 Å². The van der Waals surface area contributed by atoms with E-state index >= 15 is 0 Å². The molecule has 0 aromatic heterocycles. The van der Waals surface area contributed by atoms with Gasteiger partial charge in [-0.3, -0.25) is 4.99 Å². The minimum Gasteiger partial charge on any atom is -0.382 e. The molecule has 5 heteroatoms. The minimum absolute atomic E-state index is 0.627. The smallest absolute Gasteiger partial charge is 0.191 e. The van der Waals surface area contributed by atoms with Gasteiger partial charge in [-0.25, -0.2) is 0 Å². The van der Waals surface area contributed by atoms with Crippen molar-refractivity contribution < 1.29 is 4.74 Å². The van der Waals surface area contributed by atoms with Gasteiger partial charge in [-0.2, -0.15) is 0 Å². The summed E-state index contributed by atoms with van der Waals surface area (Å²) in [4.78, 5) is 6.93. The second-order valence-electron chi connectivity index (χ2n) is 5.52. The van der Waals surface area contributed by atoms with E-state index in [2.05, 4.69) is 48.3 Å². The van der Waals surface area contributed by atoms with E-state index in [-0.39, 0.29) is 0 Å². The molecule has 0 saturated carbocycles. The summed E-state index contributed by atoms with van der Waals surface area (Å²) < 4.78 is 5.32. The summed E-state index contributed by atoms with van der Waals surface area (Å²) in [7, 11) is 2.18. The summed E-state index contributed by atoms with van der Waals surface area (Å²) in [5, 5.41) is 6.67. The molecule has 0 aliphatic carbocycles. The Bertz CT molecular complexity index is 257. The first-order chi connectivity index (χ1) is 10.1. The molecule has 126 valence electrons. The Hall–Kier alpha value is -0.810. The molecule has 0 fully saturated rings. The third-order valence-electron chi connectivity index (χ3n) is 3.38. The lowest BCUT2D eigenvalue weighted by atomic mass is 10.2. The molecule has 0 heterocycles. The number of guanidine groups is 1. The number of hydrogen-bond donors (Lipinski definition) is 2. The van der Waals surface area contributed by atoms with Crippen LogP contribution in [0.2, 0.25) is 0 Å². The van der Waals surface area contributed by atoms with Crippen molar-refractivity contribution in [2.24, 2.45) is 4.99 Å². The van der Waals surface area contributed by atoms with Gasteiger partial charge in [-0.05, 0) is 60.5 Å². The van der Waals surface area contributed by atoms with Gasteiger partial charge in [0.2, 0.25) is 0 Å². The second kappa shape index (κ2) is 14.1. The zero-order chi connectivity index (χ0) is 15.9. The Labute approximate surface area is 131 Å². The Morgan fingerprint density at radius 1 is 1.14 bits per heavy atom. The van der Waals surface area contributed by atoms with Crippen LogP contribution in [0.5, 0.6) is 0 Å². The molecule has 0 bridgehead atoms. The van der Waals surface area contributed by atoms with Crippen LogP contribution in [0.25, 0.3) is 0 Å². The average Bonchev–Trinajstić information content (AvgIpc) is 2.46. The van der Waals surface area contributed by atoms with Gasteiger partial charge in [0.05, 0.1) is 0 Å². The maximum absolute atomic E-state index is 5.32. The van der Waals surface area contributed by atoms with E-state index in [1.165, 1.54) is 12.8 Å². The molecule has 0 amide bonds. The largest absolute Gasteiger partial charge is 0.382 e. The molecule has 0 aliphatic heterocycles. The first-order valence-corrected chi connectivity index (χ1v) is 8.41. The zero-order valence-electron chi connectivity index (χ0n) is 14.7. The third kappa shape index (κ3) is 12.6. The van der Waals surface area contributed by atoms with Crippen LogP contribution in [0.4, 0.5) is 0 Å². The molecular weight excluding hydrogens is 264 g/mol. The molecule has 0 aromatic carbocycles. The molecular formula is C16H36N4O. The van der Waals surface area contributed by atoms with E-state index < -0.39 is 0 Å². The molecule has 0 atom stereocenters. The lowest BCUT2D eigenvalue weighted by molar-refractivity contribution is 0.146. The van der Waals surface area contributed by atoms with E-state index in [9.17, 15) is 0 Å². The normalized spacial score (nSPS) is 12.2. The first-order valence-electron chi connectivity index (χ1n) is 8.41. The zero-order valence-corrected chi connectivity index (χ0v) is 14.7. The van der Waals surface area contributed by atoms with Crippen molar-refractivity contribution in [1.29, 1.82) is 0 Å². The maximum Gasteiger partial charge on any atom is 0.191 e. The van der Waals surface area contributed by atoms with Crippen molar-refractivity contribution in [3.63, 3.8) is 0 Å². The second-order valence-corrected chi connectivity index (χ2v) is 5.52. The number of nitrogens with one attached hydrogen (secondary N) is 2. The Morgan fingerprint density at radius 3 is 2.52 bits per heavy atom. The summed E-state index contributed by atoms with van der Waals surface area (Å²) in [5.74, 6) is 0.922. The quantitative estimate of drug-likeness (QED) is 0.329. The number of unbranched alkanes of at least 4 members (excludes halogenated alkanes) is 1. The van der Waals surface area contributed by atoms with Crippen molar-refractivity contribution in [3.05, 3.63) is 0 Å². The average molecular weight is 300 g/mol. The molecule has 0 unspecified atom stereocenters. The number of aliphatic imine (C=N–C) groups is 1. The number of hydrogen-bond acceptors (Lipinski definition) is 3. The van der Waals surface area contributed by atoms with Crippen LogP contribution in [0.1, 0.15) is 47.0 Å². The van der Waals surface area contributed by atoms with Gasteiger partial charge in [-0.1, -0.05) is 0 Å². The Kier molecular flexibility index (Phi) is 13.6. The van der Waals surface area contributed by atoms with Crippen LogP contribution in [0, 0.1) is 0 Å². The van der Waals surface area contributed by atoms with Crippen LogP contribution in [-0.4, -0.2) is 63.3 Å². The van der Waals surface area contributed by atoms with Gasteiger partial charge >= 0.3 is 0 Å². The van der Waals surface area contributed by atoms with Crippen molar-refractivity contribution in [3.8, 4) is 0 Å². The Balaban J connectivity index is 3.75. The van der Waals surface area contributed by atoms with E-state index in [4.69, 9.17) is 4.74 Å². The number of nitrogens with zero attached hydrogens (tertiary/aromatic N) is 2. The van der Waals surface area contributed by atoms with E-state index in [0.29, 0.717) is 6.04 Å². The predicted octanol–water partition coefficient (Wildman–Crippen LogP) is 2.09. The molecule has 0 saturated heterocycles. The van der Waals surface area contributed by atoms with Gasteiger partial charge in [0.15, 0.2) is 5.96 Å². The fourth-order valence-electron chi connectivity index (χ4n) is 1.79. The van der Waals surface area contributed by atoms with Gasteiger partial charge in [0.25, 0.3) is 0 Å². The third-order valence-corrected chi connectivity index (χ3v) is 3.38. The monoisotopic (exact) mass is 300 g/mol. The summed E-state index contributed by atoms with van der Waals surface area (Å²) in [6.45, 7) is 14.0. The lowest BCUT2D eigenvalue weighted by Gasteiger charge is -2.20. The predicted molar refractivity (Wildman–Crippen MR) is 92.1 cm³/mol. The standard InChI is InChI=1S/C16H36N4O/c1-6-17-16(19-12-10-14-21-7-2)18-11-8-9-13-20(5)15(3)4/h15H,6-14H2,1-5H3,(H2,17,18,19). The maximum atomic E-state index is 5.32. The van der Waals surface area contributed by atoms with Gasteiger partial charge < -0.3 is 20.3 Å². The van der Waals surface area contributed by atoms with Crippen LogP contribution in [-0.2, 0) is 4.74 Å². The van der Waals surface area contributed by atoms with Gasteiger partial charge in [-0.15, -0.1) is 0 Å². The van der Waals surface area contributed by atoms with Crippen molar-refractivity contribution in [1.82, 2.24) is 15.5 Å².